The largest absolute Gasteiger partial charge is 0.0636 e. The van der Waals surface area contributed by atoms with E-state index in [1.165, 1.54) is 0 Å². The fraction of sp³-hybridized carbons (Fsp3) is 0.0811. The second-order valence-corrected chi connectivity index (χ2v) is 9.38. The molecule has 0 saturated heterocycles. The number of benzene rings is 7. The molecule has 0 amide bonds. The molecule has 0 bridgehead atoms. The minimum absolute atomic E-state index is 0.0355. The zero-order chi connectivity index (χ0) is 42.1. The maximum atomic E-state index is 9.86. The van der Waals surface area contributed by atoms with Crippen LogP contribution >= 0.6 is 0 Å². The highest BCUT2D eigenvalue weighted by Crippen LogP contribution is 2.52. The van der Waals surface area contributed by atoms with Crippen molar-refractivity contribution in [2.24, 2.45) is 0 Å². The van der Waals surface area contributed by atoms with Crippen molar-refractivity contribution in [2.45, 2.75) is 19.3 Å². The van der Waals surface area contributed by atoms with E-state index in [-0.39, 0.29) is 33.0 Å². The normalized spacial score (nSPS) is 21.5. The van der Waals surface area contributed by atoms with Gasteiger partial charge >= 0.3 is 0 Å². The second-order valence-electron chi connectivity index (χ2n) is 9.38. The Bertz CT molecular complexity index is 3150. The van der Waals surface area contributed by atoms with Crippen LogP contribution in [0, 0.1) is 0 Å². The van der Waals surface area contributed by atoms with E-state index in [1.54, 1.807) is 13.8 Å². The molecule has 7 aromatic rings. The van der Waals surface area contributed by atoms with Crippen LogP contribution in [-0.2, 0) is 5.41 Å². The van der Waals surface area contributed by atoms with Gasteiger partial charge in [-0.15, -0.1) is 0 Å². The van der Waals surface area contributed by atoms with Crippen LogP contribution in [0.15, 0.2) is 121 Å². The predicted octanol–water partition coefficient (Wildman–Crippen LogP) is 10.3. The van der Waals surface area contributed by atoms with E-state index in [9.17, 15) is 6.85 Å². The standard InChI is InChI=1S/C37H26/c1-37(2)33-20-17-24-10-4-7-13-28(24)36(33)31-19-16-26(22-34(31)37)35-29-14-8-5-11-25(29)21-32-27-12-6-3-9-23(27)15-18-30(32)35/h3-22H,1-2H3/i3D,4D,5D,6D,7D,8D,9D,10D,11D,12D,13D,14D,15D,16D,17D,18D,19D,20D,21D,22D. The average molecular weight is 491 g/mol. The first-order valence-corrected chi connectivity index (χ1v) is 11.5. The summed E-state index contributed by atoms with van der Waals surface area (Å²) in [6, 6.07) is -13.5. The first-order chi connectivity index (χ1) is 26.5. The van der Waals surface area contributed by atoms with Gasteiger partial charge in [0.1, 0.15) is 0 Å². The number of hydrogen-bond acceptors (Lipinski definition) is 0. The van der Waals surface area contributed by atoms with Crippen LogP contribution in [-0.4, -0.2) is 0 Å². The van der Waals surface area contributed by atoms with Gasteiger partial charge in [0, 0.05) is 5.41 Å². The molecule has 0 spiro atoms. The molecule has 0 radical (unpaired) electrons. The van der Waals surface area contributed by atoms with Crippen LogP contribution in [0.25, 0.3) is 65.3 Å². The van der Waals surface area contributed by atoms with Gasteiger partial charge in [-0.05, 0) is 88.6 Å². The van der Waals surface area contributed by atoms with Crippen LogP contribution in [0.3, 0.4) is 0 Å². The third-order valence-electron chi connectivity index (χ3n) is 7.00. The quantitative estimate of drug-likeness (QED) is 0.159. The van der Waals surface area contributed by atoms with Crippen molar-refractivity contribution in [3.63, 3.8) is 0 Å². The molecule has 0 fully saturated rings. The summed E-state index contributed by atoms with van der Waals surface area (Å²) < 4.78 is 178. The smallest absolute Gasteiger partial charge is 0.0616 e. The monoisotopic (exact) mass is 490 g/mol. The molecule has 0 N–H and O–H groups in total. The molecule has 1 aliphatic rings. The lowest BCUT2D eigenvalue weighted by atomic mass is 9.80. The van der Waals surface area contributed by atoms with E-state index in [1.807, 2.05) is 0 Å². The van der Waals surface area contributed by atoms with E-state index >= 15 is 0 Å². The van der Waals surface area contributed by atoms with Gasteiger partial charge in [0.2, 0.25) is 0 Å². The molecular formula is C37H26. The molecule has 0 unspecified atom stereocenters. The molecule has 0 saturated carbocycles. The van der Waals surface area contributed by atoms with Crippen molar-refractivity contribution in [1.82, 2.24) is 0 Å². The highest BCUT2D eigenvalue weighted by molar-refractivity contribution is 6.20. The molecule has 0 aromatic heterocycles. The zero-order valence-corrected chi connectivity index (χ0v) is 19.5. The Kier molecular flexibility index (Phi) is 1.81. The fourth-order valence-electron chi connectivity index (χ4n) is 5.25. The van der Waals surface area contributed by atoms with Gasteiger partial charge < -0.3 is 0 Å². The summed E-state index contributed by atoms with van der Waals surface area (Å²) in [5.74, 6) is 0. The van der Waals surface area contributed by atoms with Crippen molar-refractivity contribution in [1.29, 1.82) is 0 Å². The van der Waals surface area contributed by atoms with Gasteiger partial charge in [-0.3, -0.25) is 0 Å². The summed E-state index contributed by atoms with van der Waals surface area (Å²) in [6.45, 7) is 3.13. The Labute approximate surface area is 244 Å². The Morgan fingerprint density at radius 3 is 1.86 bits per heavy atom. The van der Waals surface area contributed by atoms with Gasteiger partial charge in [0.15, 0.2) is 0 Å². The Balaban J connectivity index is 1.70. The molecule has 8 rings (SSSR count). The lowest BCUT2D eigenvalue weighted by molar-refractivity contribution is 0.661. The fourth-order valence-corrected chi connectivity index (χ4v) is 5.25. The topological polar surface area (TPSA) is 0 Å². The van der Waals surface area contributed by atoms with Crippen molar-refractivity contribution in [3.8, 4) is 22.3 Å². The summed E-state index contributed by atoms with van der Waals surface area (Å²) in [6.07, 6.45) is 0. The molecule has 1 aliphatic carbocycles. The van der Waals surface area contributed by atoms with E-state index in [2.05, 4.69) is 0 Å². The zero-order valence-electron chi connectivity index (χ0n) is 39.5. The average Bonchev–Trinajstić information content (AvgIpc) is 3.41. The van der Waals surface area contributed by atoms with E-state index in [4.69, 9.17) is 20.6 Å². The van der Waals surface area contributed by atoms with Crippen LogP contribution in [0.4, 0.5) is 0 Å². The van der Waals surface area contributed by atoms with Gasteiger partial charge in [-0.25, -0.2) is 0 Å². The summed E-state index contributed by atoms with van der Waals surface area (Å²) in [5.41, 5.74) is -2.62. The highest BCUT2D eigenvalue weighted by Gasteiger charge is 2.36. The van der Waals surface area contributed by atoms with Crippen LogP contribution < -0.4 is 0 Å². The predicted molar refractivity (Wildman–Crippen MR) is 159 cm³/mol. The summed E-state index contributed by atoms with van der Waals surface area (Å²) in [5, 5.41) is -3.11. The first-order valence-electron chi connectivity index (χ1n) is 21.5. The van der Waals surface area contributed by atoms with Crippen LogP contribution in [0.5, 0.6) is 0 Å². The minimum atomic E-state index is -1.49. The summed E-state index contributed by atoms with van der Waals surface area (Å²) in [7, 11) is 0. The van der Waals surface area contributed by atoms with E-state index in [0.717, 1.165) is 0 Å². The van der Waals surface area contributed by atoms with Crippen LogP contribution in [0.1, 0.15) is 52.4 Å². The number of rotatable bonds is 1. The molecule has 0 heteroatoms. The van der Waals surface area contributed by atoms with Gasteiger partial charge in [0.25, 0.3) is 0 Å². The van der Waals surface area contributed by atoms with E-state index in [0.29, 0.717) is 0 Å². The maximum absolute atomic E-state index is 9.86. The Morgan fingerprint density at radius 1 is 0.459 bits per heavy atom. The van der Waals surface area contributed by atoms with Gasteiger partial charge in [-0.2, -0.15) is 0 Å². The Morgan fingerprint density at radius 2 is 1.08 bits per heavy atom. The number of fused-ring (bicyclic) bond motifs is 9. The summed E-state index contributed by atoms with van der Waals surface area (Å²) >= 11 is 0. The summed E-state index contributed by atoms with van der Waals surface area (Å²) in [4.78, 5) is 0. The van der Waals surface area contributed by atoms with Crippen molar-refractivity contribution in [2.75, 3.05) is 0 Å². The van der Waals surface area contributed by atoms with Crippen molar-refractivity contribution >= 4 is 43.1 Å². The SMILES string of the molecule is [2H]c1c([2H])c2c(c([2H])c1-c1c3c([2H])c([2H])c([2H])c([2H])c3c([2H])c3c1c([2H])c([2H])c1c([2H])c([2H])c([2H])c([2H])c13)C(C)(C)c1c([2H])c([2H])c3c([2H])c([2H])c([2H])c([2H])c3c1-2. The molecular weight excluding hydrogens is 444 g/mol. The van der Waals surface area contributed by atoms with E-state index < -0.39 is 170 Å². The second kappa shape index (κ2) is 7.31. The lowest BCUT2D eigenvalue weighted by Crippen LogP contribution is -2.15. The third-order valence-corrected chi connectivity index (χ3v) is 7.00. The molecule has 0 nitrogen and oxygen atoms in total. The van der Waals surface area contributed by atoms with Crippen molar-refractivity contribution < 1.29 is 27.4 Å². The van der Waals surface area contributed by atoms with Crippen molar-refractivity contribution in [3.05, 3.63) is 132 Å². The molecule has 174 valence electrons. The highest BCUT2D eigenvalue weighted by atomic mass is 14.4. The third kappa shape index (κ3) is 2.79. The van der Waals surface area contributed by atoms with Gasteiger partial charge in [-0.1, -0.05) is 123 Å². The molecule has 7 aromatic carbocycles. The Hall–Kier alpha value is -4.42. The lowest BCUT2D eigenvalue weighted by Gasteiger charge is -2.22. The number of hydrogen-bond donors (Lipinski definition) is 0. The molecule has 0 aliphatic heterocycles. The van der Waals surface area contributed by atoms with Gasteiger partial charge in [0.05, 0.1) is 27.4 Å². The molecule has 37 heavy (non-hydrogen) atoms. The molecule has 0 atom stereocenters. The first kappa shape index (κ1) is 9.15. The minimum Gasteiger partial charge on any atom is -0.0616 e. The van der Waals surface area contributed by atoms with Crippen LogP contribution in [0.2, 0.25) is 0 Å². The molecule has 0 heterocycles. The maximum Gasteiger partial charge on any atom is 0.0636 e.